The summed E-state index contributed by atoms with van der Waals surface area (Å²) in [5.41, 5.74) is 0.691. The van der Waals surface area contributed by atoms with Gasteiger partial charge in [0.25, 0.3) is 0 Å². The monoisotopic (exact) mass is 700 g/mol. The molecule has 9 nitrogen and oxygen atoms in total. The average molecular weight is 701 g/mol. The number of fused-ring (bicyclic) bond motifs is 1. The number of H-pyrrole nitrogens is 1. The fraction of sp³-hybridized carbons (Fsp3) is 0.486. The van der Waals surface area contributed by atoms with Gasteiger partial charge in [-0.25, -0.2) is 23.0 Å². The van der Waals surface area contributed by atoms with E-state index in [2.05, 4.69) is 32.3 Å². The molecule has 0 spiro atoms. The Labute approximate surface area is 286 Å². The molecule has 0 saturated carbocycles. The highest BCUT2D eigenvalue weighted by Crippen LogP contribution is 2.29. The number of esters is 1. The quantitative estimate of drug-likeness (QED) is 0.0184. The predicted octanol–water partition coefficient (Wildman–Crippen LogP) is 7.70. The summed E-state index contributed by atoms with van der Waals surface area (Å²) in [5.74, 6) is -17.1. The lowest BCUT2D eigenvalue weighted by Crippen LogP contribution is -2.51. The normalized spacial score (nSPS) is 13.0. The molecule has 0 aliphatic carbocycles. The molecule has 0 saturated heterocycles. The van der Waals surface area contributed by atoms with E-state index in [1.54, 1.807) is 27.0 Å². The number of nitrogens with zero attached hydrogens (tertiary/aromatic N) is 1. The molecule has 274 valence electrons. The molecule has 3 N–H and O–H groups in total. The Kier molecular flexibility index (Phi) is 14.6. The molecule has 2 amide bonds. The van der Waals surface area contributed by atoms with Gasteiger partial charge in [0, 0.05) is 33.3 Å². The highest BCUT2D eigenvalue weighted by Gasteiger charge is 2.34. The number of aromatic nitrogens is 1. The van der Waals surface area contributed by atoms with Crippen LogP contribution in [0.2, 0.25) is 0 Å². The SMILES string of the molecule is CCCCCCCCCOC=N[C@H](Cc1c[nH]c2ccccc12)C(=O)N[C@@H](CC(=O)NC(C)(C)C)C(=O)Oc1c(F)c(F)c(F)c(F)c1F.[HH].[HH].[HH]. The summed E-state index contributed by atoms with van der Waals surface area (Å²) in [5, 5.41) is 5.70. The second kappa shape index (κ2) is 18.3. The topological polar surface area (TPSA) is 122 Å². The third-order valence-corrected chi connectivity index (χ3v) is 7.45. The third-order valence-electron chi connectivity index (χ3n) is 7.45. The van der Waals surface area contributed by atoms with E-state index in [0.717, 1.165) is 49.4 Å². The van der Waals surface area contributed by atoms with Crippen LogP contribution in [-0.2, 0) is 25.5 Å². The number of aromatic amines is 1. The van der Waals surface area contributed by atoms with Crippen LogP contribution in [0.1, 0.15) is 88.9 Å². The number of aliphatic imine (C=N–C) groups is 1. The van der Waals surface area contributed by atoms with Crippen LogP contribution < -0.4 is 15.4 Å². The maximum atomic E-state index is 14.4. The molecule has 3 aromatic rings. The maximum absolute atomic E-state index is 14.4. The number of carbonyl (C=O) groups excluding carboxylic acids is 3. The minimum absolute atomic E-state index is 0. The van der Waals surface area contributed by atoms with E-state index in [0.29, 0.717) is 12.2 Å². The zero-order chi connectivity index (χ0) is 36.1. The van der Waals surface area contributed by atoms with Crippen molar-refractivity contribution in [3.63, 3.8) is 0 Å². The third kappa shape index (κ3) is 11.6. The number of amides is 2. The van der Waals surface area contributed by atoms with E-state index < -0.39 is 76.7 Å². The van der Waals surface area contributed by atoms with E-state index in [-0.39, 0.29) is 10.7 Å². The molecular weight excluding hydrogens is 651 g/mol. The summed E-state index contributed by atoms with van der Waals surface area (Å²) < 4.78 is 80.1. The van der Waals surface area contributed by atoms with Crippen LogP contribution >= 0.6 is 0 Å². The highest BCUT2D eigenvalue weighted by molar-refractivity contribution is 5.93. The molecule has 0 aliphatic heterocycles. The Morgan fingerprint density at radius 2 is 1.53 bits per heavy atom. The smallest absolute Gasteiger partial charge is 0.334 e. The number of halogens is 5. The molecule has 1 aromatic heterocycles. The number of rotatable bonds is 18. The minimum Gasteiger partial charge on any atom is -0.483 e. The molecule has 0 bridgehead atoms. The van der Waals surface area contributed by atoms with Crippen molar-refractivity contribution in [2.75, 3.05) is 6.61 Å². The summed E-state index contributed by atoms with van der Waals surface area (Å²) in [4.78, 5) is 47.0. The Hall–Kier alpha value is -4.49. The van der Waals surface area contributed by atoms with Gasteiger partial charge in [-0.3, -0.25) is 9.59 Å². The van der Waals surface area contributed by atoms with E-state index >= 15 is 0 Å². The lowest BCUT2D eigenvalue weighted by Gasteiger charge is -2.24. The van der Waals surface area contributed by atoms with Crippen molar-refractivity contribution >= 4 is 35.1 Å². The molecule has 0 fully saturated rings. The largest absolute Gasteiger partial charge is 0.483 e. The first-order valence-corrected chi connectivity index (χ1v) is 16.3. The van der Waals surface area contributed by atoms with Gasteiger partial charge in [0.15, 0.2) is 6.40 Å². The van der Waals surface area contributed by atoms with Crippen LogP contribution in [0.3, 0.4) is 0 Å². The van der Waals surface area contributed by atoms with Crippen LogP contribution in [0.15, 0.2) is 35.5 Å². The molecule has 0 aliphatic rings. The first kappa shape index (κ1) is 39.0. The van der Waals surface area contributed by atoms with E-state index in [9.17, 15) is 36.3 Å². The summed E-state index contributed by atoms with van der Waals surface area (Å²) >= 11 is 0. The molecule has 2 aromatic carbocycles. The summed E-state index contributed by atoms with van der Waals surface area (Å²) in [6, 6.07) is 4.15. The Morgan fingerprint density at radius 3 is 2.18 bits per heavy atom. The highest BCUT2D eigenvalue weighted by atomic mass is 19.2. The number of nitrogens with one attached hydrogen (secondary N) is 3. The van der Waals surface area contributed by atoms with Crippen molar-refractivity contribution < 1.29 is 50.1 Å². The van der Waals surface area contributed by atoms with Crippen molar-refractivity contribution in [3.8, 4) is 5.75 Å². The first-order valence-electron chi connectivity index (χ1n) is 16.3. The van der Waals surface area contributed by atoms with Gasteiger partial charge in [-0.1, -0.05) is 63.6 Å². The molecule has 49 heavy (non-hydrogen) atoms. The number of hydrogen-bond acceptors (Lipinski definition) is 6. The van der Waals surface area contributed by atoms with Crippen LogP contribution in [0, 0.1) is 29.1 Å². The van der Waals surface area contributed by atoms with E-state index in [4.69, 9.17) is 4.74 Å². The minimum atomic E-state index is -2.45. The van der Waals surface area contributed by atoms with Gasteiger partial charge in [-0.15, -0.1) is 0 Å². The van der Waals surface area contributed by atoms with Crippen LogP contribution in [0.4, 0.5) is 22.0 Å². The molecule has 2 atom stereocenters. The summed E-state index contributed by atoms with van der Waals surface area (Å²) in [6.45, 7) is 7.43. The summed E-state index contributed by atoms with van der Waals surface area (Å²) in [6.07, 6.45) is 9.48. The van der Waals surface area contributed by atoms with E-state index in [1.807, 2.05) is 24.3 Å². The van der Waals surface area contributed by atoms with Gasteiger partial charge >= 0.3 is 5.97 Å². The fourth-order valence-corrected chi connectivity index (χ4v) is 5.00. The number of para-hydroxylation sites is 1. The summed E-state index contributed by atoms with van der Waals surface area (Å²) in [7, 11) is 0. The first-order chi connectivity index (χ1) is 23.2. The molecule has 0 unspecified atom stereocenters. The van der Waals surface area contributed by atoms with E-state index in [1.165, 1.54) is 12.8 Å². The van der Waals surface area contributed by atoms with Gasteiger partial charge in [0.1, 0.15) is 12.1 Å². The Bertz CT molecular complexity index is 1610. The lowest BCUT2D eigenvalue weighted by atomic mass is 10.0. The molecular formula is C35H49F5N4O5. The number of unbranched alkanes of at least 4 members (excludes halogenated alkanes) is 6. The molecule has 14 heteroatoms. The van der Waals surface area contributed by atoms with Crippen LogP contribution in [-0.4, -0.2) is 53.4 Å². The van der Waals surface area contributed by atoms with Crippen molar-refractivity contribution in [1.82, 2.24) is 15.6 Å². The van der Waals surface area contributed by atoms with Crippen molar-refractivity contribution in [3.05, 3.63) is 65.1 Å². The number of carbonyl (C=O) groups is 3. The lowest BCUT2D eigenvalue weighted by molar-refractivity contribution is -0.142. The Morgan fingerprint density at radius 1 is 0.918 bits per heavy atom. The number of benzene rings is 2. The fourth-order valence-electron chi connectivity index (χ4n) is 5.00. The zero-order valence-electron chi connectivity index (χ0n) is 28.1. The van der Waals surface area contributed by atoms with Crippen LogP contribution in [0.25, 0.3) is 10.9 Å². The van der Waals surface area contributed by atoms with Crippen molar-refractivity contribution in [2.24, 2.45) is 4.99 Å². The number of hydrogen-bond donors (Lipinski definition) is 3. The standard InChI is InChI=1S/C35H43F5N4O5.3H2/c1-5-6-7-8-9-10-13-16-48-20-42-24(17-21-19-41-23-15-12-11-14-22(21)23)33(46)43-25(18-26(45)44-35(2,3)4)34(47)49-32-30(39)28(37)27(36)29(38)31(32)40;;;/h11-12,14-15,19-20,24-25,41H,5-10,13,16-18H2,1-4H3,(H,43,46)(H,44,45);3*1H/t24-,25+;;;/m1.../s1. The average Bonchev–Trinajstić information content (AvgIpc) is 3.46. The van der Waals surface area contributed by atoms with Crippen LogP contribution in [0.5, 0.6) is 5.75 Å². The zero-order valence-corrected chi connectivity index (χ0v) is 28.1. The van der Waals surface area contributed by atoms with Gasteiger partial charge in [0.05, 0.1) is 13.0 Å². The molecule has 3 rings (SSSR count). The maximum Gasteiger partial charge on any atom is 0.334 e. The molecule has 0 radical (unpaired) electrons. The van der Waals surface area contributed by atoms with Crippen molar-refractivity contribution in [2.45, 2.75) is 103 Å². The van der Waals surface area contributed by atoms with Gasteiger partial charge in [-0.05, 0) is 38.8 Å². The van der Waals surface area contributed by atoms with Gasteiger partial charge in [0.2, 0.25) is 46.6 Å². The molecule has 1 heterocycles. The predicted molar refractivity (Wildman–Crippen MR) is 181 cm³/mol. The number of ether oxygens (including phenoxy) is 2. The van der Waals surface area contributed by atoms with Crippen molar-refractivity contribution in [1.29, 1.82) is 0 Å². The van der Waals surface area contributed by atoms with Gasteiger partial charge in [-0.2, -0.15) is 8.78 Å². The Balaban J connectivity index is 0.00000867. The second-order valence-corrected chi connectivity index (χ2v) is 12.7. The second-order valence-electron chi connectivity index (χ2n) is 12.7. The van der Waals surface area contributed by atoms with Gasteiger partial charge < -0.3 is 25.1 Å².